The van der Waals surface area contributed by atoms with Crippen molar-refractivity contribution in [2.45, 2.75) is 32.7 Å². The van der Waals surface area contributed by atoms with Gasteiger partial charge in [-0.2, -0.15) is 0 Å². The standard InChI is InChI=1S/C8H15ClN2/c1-4-10-7-11-8(2,3)5-6-9/h4-6H2,1-3H3. The lowest BCUT2D eigenvalue weighted by atomic mass is 10.0. The molecular formula is C8H15ClN2. The summed E-state index contributed by atoms with van der Waals surface area (Å²) in [6.07, 6.45) is 0.862. The van der Waals surface area contributed by atoms with E-state index < -0.39 is 0 Å². The van der Waals surface area contributed by atoms with Gasteiger partial charge in [-0.05, 0) is 27.2 Å². The highest BCUT2D eigenvalue weighted by atomic mass is 35.5. The van der Waals surface area contributed by atoms with E-state index >= 15 is 0 Å². The van der Waals surface area contributed by atoms with Crippen molar-refractivity contribution in [3.05, 3.63) is 0 Å². The Morgan fingerprint density at radius 2 is 2.09 bits per heavy atom. The summed E-state index contributed by atoms with van der Waals surface area (Å²) in [4.78, 5) is 8.01. The molecule has 0 aromatic heterocycles. The first-order valence-electron chi connectivity index (χ1n) is 3.81. The summed E-state index contributed by atoms with van der Waals surface area (Å²) in [6.45, 7) is 6.73. The van der Waals surface area contributed by atoms with E-state index in [-0.39, 0.29) is 5.54 Å². The van der Waals surface area contributed by atoms with Crippen LogP contribution < -0.4 is 0 Å². The van der Waals surface area contributed by atoms with Gasteiger partial charge in [-0.3, -0.25) is 0 Å². The van der Waals surface area contributed by atoms with E-state index in [1.54, 1.807) is 0 Å². The quantitative estimate of drug-likeness (QED) is 0.463. The molecule has 0 amide bonds. The molecule has 0 unspecified atom stereocenters. The van der Waals surface area contributed by atoms with Crippen LogP contribution in [0.3, 0.4) is 0 Å². The van der Waals surface area contributed by atoms with Crippen LogP contribution in [0.25, 0.3) is 0 Å². The molecule has 0 N–H and O–H groups in total. The lowest BCUT2D eigenvalue weighted by Crippen LogP contribution is -2.16. The van der Waals surface area contributed by atoms with Crippen LogP contribution in [0.5, 0.6) is 0 Å². The first kappa shape index (κ1) is 10.7. The predicted molar refractivity (Wildman–Crippen MR) is 49.8 cm³/mol. The summed E-state index contributed by atoms with van der Waals surface area (Å²) in [5.41, 5.74) is -0.111. The van der Waals surface area contributed by atoms with Crippen molar-refractivity contribution in [1.29, 1.82) is 0 Å². The van der Waals surface area contributed by atoms with Crippen molar-refractivity contribution in [3.63, 3.8) is 0 Å². The second-order valence-electron chi connectivity index (χ2n) is 2.94. The van der Waals surface area contributed by atoms with Crippen molar-refractivity contribution >= 4 is 17.6 Å². The first-order chi connectivity index (χ1) is 5.12. The minimum absolute atomic E-state index is 0.111. The van der Waals surface area contributed by atoms with Crippen molar-refractivity contribution in [1.82, 2.24) is 0 Å². The number of hydrogen-bond donors (Lipinski definition) is 0. The number of halogens is 1. The van der Waals surface area contributed by atoms with Crippen molar-refractivity contribution < 1.29 is 0 Å². The predicted octanol–water partition coefficient (Wildman–Crippen LogP) is 2.59. The van der Waals surface area contributed by atoms with Gasteiger partial charge in [0.1, 0.15) is 0 Å². The lowest BCUT2D eigenvalue weighted by Gasteiger charge is -2.14. The third-order valence-electron chi connectivity index (χ3n) is 1.29. The molecule has 64 valence electrons. The van der Waals surface area contributed by atoms with Gasteiger partial charge in [0.05, 0.1) is 11.5 Å². The molecule has 0 spiro atoms. The van der Waals surface area contributed by atoms with E-state index in [0.29, 0.717) is 5.88 Å². The van der Waals surface area contributed by atoms with E-state index in [1.165, 1.54) is 0 Å². The van der Waals surface area contributed by atoms with E-state index in [9.17, 15) is 0 Å². The summed E-state index contributed by atoms with van der Waals surface area (Å²) in [7, 11) is 0. The fourth-order valence-electron chi connectivity index (χ4n) is 0.529. The van der Waals surface area contributed by atoms with Crippen LogP contribution in [0.15, 0.2) is 9.98 Å². The molecule has 11 heavy (non-hydrogen) atoms. The molecule has 0 bridgehead atoms. The zero-order valence-electron chi connectivity index (χ0n) is 7.39. The summed E-state index contributed by atoms with van der Waals surface area (Å²) in [6, 6.07) is 2.65. The van der Waals surface area contributed by atoms with Gasteiger partial charge in [0.2, 0.25) is 0 Å². The molecule has 3 heteroatoms. The maximum atomic E-state index is 5.58. The van der Waals surface area contributed by atoms with Crippen LogP contribution in [0.1, 0.15) is 27.2 Å². The molecule has 0 aromatic rings. The zero-order valence-corrected chi connectivity index (χ0v) is 8.15. The largest absolute Gasteiger partial charge is 0.226 e. The van der Waals surface area contributed by atoms with Crippen molar-refractivity contribution in [2.24, 2.45) is 9.98 Å². The Morgan fingerprint density at radius 3 is 2.55 bits per heavy atom. The van der Waals surface area contributed by atoms with Gasteiger partial charge in [0.25, 0.3) is 0 Å². The van der Waals surface area contributed by atoms with Gasteiger partial charge in [0.15, 0.2) is 0 Å². The average Bonchev–Trinajstić information content (AvgIpc) is 1.87. The van der Waals surface area contributed by atoms with Crippen molar-refractivity contribution in [2.75, 3.05) is 12.4 Å². The minimum atomic E-state index is -0.111. The summed E-state index contributed by atoms with van der Waals surface area (Å²) in [5.74, 6) is 0.629. The normalized spacial score (nSPS) is 10.5. The third-order valence-corrected chi connectivity index (χ3v) is 1.48. The topological polar surface area (TPSA) is 24.7 Å². The number of rotatable bonds is 4. The maximum Gasteiger partial charge on any atom is 0.0898 e. The molecule has 0 saturated carbocycles. The van der Waals surface area contributed by atoms with Gasteiger partial charge in [0, 0.05) is 12.4 Å². The van der Waals surface area contributed by atoms with Gasteiger partial charge in [-0.15, -0.1) is 11.6 Å². The first-order valence-corrected chi connectivity index (χ1v) is 4.35. The molecule has 0 saturated heterocycles. The van der Waals surface area contributed by atoms with Crippen LogP contribution in [-0.4, -0.2) is 24.0 Å². The van der Waals surface area contributed by atoms with Crippen LogP contribution in [0, 0.1) is 0 Å². The highest BCUT2D eigenvalue weighted by molar-refractivity contribution is 6.17. The average molecular weight is 175 g/mol. The molecule has 0 aliphatic carbocycles. The summed E-state index contributed by atoms with van der Waals surface area (Å²) < 4.78 is 0. The fraction of sp³-hybridized carbons (Fsp3) is 0.875. The summed E-state index contributed by atoms with van der Waals surface area (Å²) in [5, 5.41) is 0. The Morgan fingerprint density at radius 1 is 1.45 bits per heavy atom. The smallest absolute Gasteiger partial charge is 0.0898 e. The summed E-state index contributed by atoms with van der Waals surface area (Å²) >= 11 is 5.58. The maximum absolute atomic E-state index is 5.58. The Labute approximate surface area is 73.4 Å². The third kappa shape index (κ3) is 6.08. The monoisotopic (exact) mass is 174 g/mol. The Kier molecular flexibility index (Phi) is 5.18. The second-order valence-corrected chi connectivity index (χ2v) is 3.32. The Bertz CT molecular complexity index is 157. The minimum Gasteiger partial charge on any atom is -0.226 e. The van der Waals surface area contributed by atoms with Gasteiger partial charge < -0.3 is 0 Å². The molecular weight excluding hydrogens is 160 g/mol. The number of aliphatic imine (C=N–C) groups is 2. The van der Waals surface area contributed by atoms with Gasteiger partial charge >= 0.3 is 0 Å². The second kappa shape index (κ2) is 5.34. The lowest BCUT2D eigenvalue weighted by molar-refractivity contribution is 0.510. The van der Waals surface area contributed by atoms with E-state index in [1.807, 2.05) is 20.8 Å². The SMILES string of the molecule is CCN=C=NC(C)(C)CCCl. The zero-order chi connectivity index (χ0) is 8.74. The van der Waals surface area contributed by atoms with Crippen LogP contribution >= 0.6 is 11.6 Å². The Balaban J connectivity index is 3.99. The molecule has 0 radical (unpaired) electrons. The molecule has 0 atom stereocenters. The van der Waals surface area contributed by atoms with Gasteiger partial charge in [-0.25, -0.2) is 9.98 Å². The number of alkyl halides is 1. The number of nitrogens with zero attached hydrogens (tertiary/aromatic N) is 2. The highest BCUT2D eigenvalue weighted by Gasteiger charge is 2.13. The van der Waals surface area contributed by atoms with E-state index in [0.717, 1.165) is 13.0 Å². The number of hydrogen-bond acceptors (Lipinski definition) is 2. The van der Waals surface area contributed by atoms with E-state index in [4.69, 9.17) is 11.6 Å². The van der Waals surface area contributed by atoms with Crippen LogP contribution in [-0.2, 0) is 0 Å². The molecule has 0 heterocycles. The Hall–Kier alpha value is -0.330. The van der Waals surface area contributed by atoms with Gasteiger partial charge in [-0.1, -0.05) is 0 Å². The van der Waals surface area contributed by atoms with Crippen LogP contribution in [0.2, 0.25) is 0 Å². The molecule has 0 aromatic carbocycles. The van der Waals surface area contributed by atoms with Crippen molar-refractivity contribution in [3.8, 4) is 0 Å². The molecule has 0 aliphatic rings. The molecule has 0 rings (SSSR count). The van der Waals surface area contributed by atoms with E-state index in [2.05, 4.69) is 16.0 Å². The fourth-order valence-corrected chi connectivity index (χ4v) is 0.991. The molecule has 0 aliphatic heterocycles. The molecule has 0 fully saturated rings. The molecule has 2 nitrogen and oxygen atoms in total. The highest BCUT2D eigenvalue weighted by Crippen LogP contribution is 2.13. The van der Waals surface area contributed by atoms with Crippen LogP contribution in [0.4, 0.5) is 0 Å².